The van der Waals surface area contributed by atoms with E-state index in [4.69, 9.17) is 0 Å². The molecule has 0 spiro atoms. The maximum Gasteiger partial charge on any atom is 0.253 e. The van der Waals surface area contributed by atoms with E-state index in [1.165, 1.54) is 24.3 Å². The van der Waals surface area contributed by atoms with Crippen LogP contribution in [0, 0.1) is 5.82 Å². The molecular formula is C22H23FN2O3. The normalized spacial score (nSPS) is 13.4. The third kappa shape index (κ3) is 5.25. The Morgan fingerprint density at radius 3 is 2.36 bits per heavy atom. The van der Waals surface area contributed by atoms with Crippen LogP contribution in [-0.4, -0.2) is 35.6 Å². The molecule has 2 aromatic carbocycles. The molecule has 3 rings (SSSR count). The van der Waals surface area contributed by atoms with Gasteiger partial charge in [0, 0.05) is 42.7 Å². The third-order valence-corrected chi connectivity index (χ3v) is 4.76. The second kappa shape index (κ2) is 9.26. The molecule has 1 saturated heterocycles. The molecule has 1 aliphatic rings. The number of Topliss-reactive ketones (excluding diaryl/α,β-unsaturated/α-hetero) is 1. The van der Waals surface area contributed by atoms with Crippen molar-refractivity contribution in [1.29, 1.82) is 0 Å². The van der Waals surface area contributed by atoms with Crippen molar-refractivity contribution in [3.8, 4) is 0 Å². The first-order valence-electron chi connectivity index (χ1n) is 9.51. The van der Waals surface area contributed by atoms with Crippen LogP contribution < -0.4 is 5.32 Å². The van der Waals surface area contributed by atoms with Crippen LogP contribution in [0.15, 0.2) is 48.5 Å². The van der Waals surface area contributed by atoms with E-state index in [-0.39, 0.29) is 36.3 Å². The summed E-state index contributed by atoms with van der Waals surface area (Å²) in [5.41, 5.74) is 1.57. The van der Waals surface area contributed by atoms with Crippen LogP contribution in [0.4, 0.5) is 10.1 Å². The summed E-state index contributed by atoms with van der Waals surface area (Å²) >= 11 is 0. The second-order valence-electron chi connectivity index (χ2n) is 6.91. The van der Waals surface area contributed by atoms with E-state index >= 15 is 0 Å². The van der Waals surface area contributed by atoms with Gasteiger partial charge < -0.3 is 10.2 Å². The van der Waals surface area contributed by atoms with Crippen LogP contribution in [-0.2, 0) is 4.79 Å². The van der Waals surface area contributed by atoms with Crippen LogP contribution in [0.5, 0.6) is 0 Å². The SMILES string of the molecule is O=C(CCCC(=O)c1ccc(F)cc1)Nc1cccc(C(=O)N2CCCC2)c1. The zero-order chi connectivity index (χ0) is 19.9. The van der Waals surface area contributed by atoms with E-state index < -0.39 is 0 Å². The molecule has 146 valence electrons. The van der Waals surface area contributed by atoms with Gasteiger partial charge >= 0.3 is 0 Å². The van der Waals surface area contributed by atoms with E-state index in [9.17, 15) is 18.8 Å². The lowest BCUT2D eigenvalue weighted by molar-refractivity contribution is -0.116. The van der Waals surface area contributed by atoms with Gasteiger partial charge in [0.05, 0.1) is 0 Å². The monoisotopic (exact) mass is 382 g/mol. The molecule has 0 radical (unpaired) electrons. The Hall–Kier alpha value is -3.02. The summed E-state index contributed by atoms with van der Waals surface area (Å²) < 4.78 is 12.9. The average Bonchev–Trinajstić information content (AvgIpc) is 3.23. The number of ketones is 1. The minimum absolute atomic E-state index is 0.0153. The number of carbonyl (C=O) groups is 3. The molecule has 28 heavy (non-hydrogen) atoms. The van der Waals surface area contributed by atoms with Crippen LogP contribution in [0.3, 0.4) is 0 Å². The van der Waals surface area contributed by atoms with Gasteiger partial charge in [-0.05, 0) is 61.7 Å². The highest BCUT2D eigenvalue weighted by molar-refractivity contribution is 5.98. The van der Waals surface area contributed by atoms with Crippen LogP contribution >= 0.6 is 0 Å². The smallest absolute Gasteiger partial charge is 0.253 e. The highest BCUT2D eigenvalue weighted by Crippen LogP contribution is 2.17. The fourth-order valence-electron chi connectivity index (χ4n) is 3.25. The Labute approximate surface area is 163 Å². The van der Waals surface area contributed by atoms with E-state index in [0.717, 1.165) is 25.9 Å². The number of halogens is 1. The molecule has 0 atom stereocenters. The molecule has 5 nitrogen and oxygen atoms in total. The molecule has 0 aliphatic carbocycles. The minimum Gasteiger partial charge on any atom is -0.339 e. The van der Waals surface area contributed by atoms with E-state index in [1.54, 1.807) is 24.3 Å². The van der Waals surface area contributed by atoms with Gasteiger partial charge in [0.25, 0.3) is 5.91 Å². The Morgan fingerprint density at radius 1 is 0.929 bits per heavy atom. The zero-order valence-electron chi connectivity index (χ0n) is 15.6. The standard InChI is InChI=1S/C22H23FN2O3/c23-18-11-9-16(10-12-18)20(26)7-4-8-21(27)24-19-6-3-5-17(15-19)22(28)25-13-1-2-14-25/h3,5-6,9-12,15H,1-2,4,7-8,13-14H2,(H,24,27). The molecule has 1 aliphatic heterocycles. The van der Waals surface area contributed by atoms with Gasteiger partial charge in [-0.2, -0.15) is 0 Å². The number of rotatable bonds is 7. The lowest BCUT2D eigenvalue weighted by Gasteiger charge is -2.15. The second-order valence-corrected chi connectivity index (χ2v) is 6.91. The number of benzene rings is 2. The van der Waals surface area contributed by atoms with Crippen LogP contribution in [0.25, 0.3) is 0 Å². The van der Waals surface area contributed by atoms with Crippen LogP contribution in [0.1, 0.15) is 52.8 Å². The van der Waals surface area contributed by atoms with Gasteiger partial charge in [0.2, 0.25) is 5.91 Å². The number of nitrogens with one attached hydrogen (secondary N) is 1. The van der Waals surface area contributed by atoms with Gasteiger partial charge in [-0.25, -0.2) is 4.39 Å². The topological polar surface area (TPSA) is 66.5 Å². The first-order chi connectivity index (χ1) is 13.5. The Morgan fingerprint density at radius 2 is 1.64 bits per heavy atom. The maximum atomic E-state index is 12.9. The number of likely N-dealkylation sites (tertiary alicyclic amines) is 1. The van der Waals surface area contributed by atoms with Gasteiger partial charge in [0.1, 0.15) is 5.82 Å². The number of amides is 2. The number of hydrogen-bond donors (Lipinski definition) is 1. The third-order valence-electron chi connectivity index (χ3n) is 4.76. The van der Waals surface area contributed by atoms with Gasteiger partial charge in [0.15, 0.2) is 5.78 Å². The molecule has 0 saturated carbocycles. The van der Waals surface area contributed by atoms with Crippen molar-refractivity contribution in [3.05, 3.63) is 65.5 Å². The van der Waals surface area contributed by atoms with Gasteiger partial charge in [-0.3, -0.25) is 14.4 Å². The number of hydrogen-bond acceptors (Lipinski definition) is 3. The first-order valence-corrected chi connectivity index (χ1v) is 9.51. The molecular weight excluding hydrogens is 359 g/mol. The van der Waals surface area contributed by atoms with Crippen LogP contribution in [0.2, 0.25) is 0 Å². The summed E-state index contributed by atoms with van der Waals surface area (Å²) in [6, 6.07) is 12.3. The van der Waals surface area contributed by atoms with Crippen molar-refractivity contribution in [2.75, 3.05) is 18.4 Å². The highest BCUT2D eigenvalue weighted by Gasteiger charge is 2.19. The van der Waals surface area contributed by atoms with E-state index in [1.807, 2.05) is 4.90 Å². The summed E-state index contributed by atoms with van der Waals surface area (Å²) in [6.45, 7) is 1.55. The van der Waals surface area contributed by atoms with Crippen molar-refractivity contribution in [2.24, 2.45) is 0 Å². The Kier molecular flexibility index (Phi) is 6.53. The highest BCUT2D eigenvalue weighted by atomic mass is 19.1. The lowest BCUT2D eigenvalue weighted by atomic mass is 10.1. The summed E-state index contributed by atoms with van der Waals surface area (Å²) in [5.74, 6) is -0.733. The van der Waals surface area contributed by atoms with Crippen molar-refractivity contribution in [3.63, 3.8) is 0 Å². The van der Waals surface area contributed by atoms with Crippen molar-refractivity contribution >= 4 is 23.3 Å². The van der Waals surface area contributed by atoms with Gasteiger partial charge in [-0.15, -0.1) is 0 Å². The predicted molar refractivity (Wildman–Crippen MR) is 105 cm³/mol. The summed E-state index contributed by atoms with van der Waals surface area (Å²) in [7, 11) is 0. The first kappa shape index (κ1) is 19.7. The van der Waals surface area contributed by atoms with Crippen molar-refractivity contribution in [1.82, 2.24) is 4.90 Å². The average molecular weight is 382 g/mol. The number of anilines is 1. The predicted octanol–water partition coefficient (Wildman–Crippen LogP) is 4.05. The Balaban J connectivity index is 1.48. The lowest BCUT2D eigenvalue weighted by Crippen LogP contribution is -2.27. The minimum atomic E-state index is -0.388. The molecule has 0 unspecified atom stereocenters. The molecule has 2 amide bonds. The maximum absolute atomic E-state index is 12.9. The van der Waals surface area contributed by atoms with E-state index in [2.05, 4.69) is 5.32 Å². The number of carbonyl (C=O) groups excluding carboxylic acids is 3. The molecule has 1 N–H and O–H groups in total. The molecule has 0 aromatic heterocycles. The van der Waals surface area contributed by atoms with Gasteiger partial charge in [-0.1, -0.05) is 6.07 Å². The van der Waals surface area contributed by atoms with E-state index in [0.29, 0.717) is 23.2 Å². The fourth-order valence-corrected chi connectivity index (χ4v) is 3.25. The largest absolute Gasteiger partial charge is 0.339 e. The zero-order valence-corrected chi connectivity index (χ0v) is 15.6. The quantitative estimate of drug-likeness (QED) is 0.735. The molecule has 1 fully saturated rings. The molecule has 0 bridgehead atoms. The fraction of sp³-hybridized carbons (Fsp3) is 0.318. The summed E-state index contributed by atoms with van der Waals surface area (Å²) in [4.78, 5) is 38.5. The van der Waals surface area contributed by atoms with Crippen molar-refractivity contribution < 1.29 is 18.8 Å². The molecule has 6 heteroatoms. The molecule has 1 heterocycles. The summed E-state index contributed by atoms with van der Waals surface area (Å²) in [6.07, 6.45) is 2.86. The van der Waals surface area contributed by atoms with Crippen molar-refractivity contribution in [2.45, 2.75) is 32.1 Å². The molecule has 2 aromatic rings. The number of nitrogens with zero attached hydrogens (tertiary/aromatic N) is 1. The summed E-state index contributed by atoms with van der Waals surface area (Å²) in [5, 5.41) is 2.78. The Bertz CT molecular complexity index is 858.